The SMILES string of the molecule is CC1(O)CC(c2ccc(C(=O)C(=O)c3ccccc3)cc2)(N2C(=O)C3C=CC=CC3C2=O)C1. The number of rotatable bonds is 5. The normalized spacial score (nSPS) is 30.2. The van der Waals surface area contributed by atoms with E-state index in [1.807, 2.05) is 0 Å². The molecule has 0 bridgehead atoms. The highest BCUT2D eigenvalue weighted by Gasteiger charge is 2.63. The Morgan fingerprint density at radius 1 is 0.818 bits per heavy atom. The highest BCUT2D eigenvalue weighted by molar-refractivity contribution is 6.49. The quantitative estimate of drug-likeness (QED) is 0.437. The number of aliphatic hydroxyl groups is 1. The average molecular weight is 441 g/mol. The molecule has 0 radical (unpaired) electrons. The third kappa shape index (κ3) is 3.29. The van der Waals surface area contributed by atoms with Gasteiger partial charge >= 0.3 is 0 Å². The van der Waals surface area contributed by atoms with Crippen molar-refractivity contribution >= 4 is 23.4 Å². The lowest BCUT2D eigenvalue weighted by atomic mass is 9.61. The number of nitrogens with zero attached hydrogens (tertiary/aromatic N) is 1. The molecule has 2 aromatic rings. The summed E-state index contributed by atoms with van der Waals surface area (Å²) in [6, 6.07) is 14.8. The minimum absolute atomic E-state index is 0.209. The van der Waals surface area contributed by atoms with E-state index in [9.17, 15) is 24.3 Å². The van der Waals surface area contributed by atoms with Gasteiger partial charge in [-0.2, -0.15) is 0 Å². The molecule has 0 aromatic heterocycles. The molecular weight excluding hydrogens is 418 g/mol. The molecule has 33 heavy (non-hydrogen) atoms. The number of Topliss-reactive ketones (excluding diaryl/α,β-unsaturated/α-hetero) is 2. The predicted octanol–water partition coefficient (Wildman–Crippen LogP) is 3.22. The molecule has 2 aromatic carbocycles. The van der Waals surface area contributed by atoms with Gasteiger partial charge in [0.1, 0.15) is 0 Å². The topological polar surface area (TPSA) is 91.8 Å². The van der Waals surface area contributed by atoms with Crippen LogP contribution in [-0.4, -0.2) is 39.0 Å². The Morgan fingerprint density at radius 3 is 1.79 bits per heavy atom. The molecule has 1 heterocycles. The highest BCUT2D eigenvalue weighted by Crippen LogP contribution is 2.55. The van der Waals surface area contributed by atoms with Crippen LogP contribution in [0, 0.1) is 11.8 Å². The molecule has 2 fully saturated rings. The third-order valence-corrected chi connectivity index (χ3v) is 6.85. The lowest BCUT2D eigenvalue weighted by molar-refractivity contribution is -0.172. The fourth-order valence-electron chi connectivity index (χ4n) is 5.39. The molecule has 2 aliphatic carbocycles. The van der Waals surface area contributed by atoms with Crippen LogP contribution in [0.2, 0.25) is 0 Å². The molecule has 1 saturated heterocycles. The molecule has 1 aliphatic heterocycles. The molecule has 0 spiro atoms. The third-order valence-electron chi connectivity index (χ3n) is 6.85. The first-order valence-corrected chi connectivity index (χ1v) is 10.9. The van der Waals surface area contributed by atoms with Crippen molar-refractivity contribution in [2.45, 2.75) is 30.9 Å². The lowest BCUT2D eigenvalue weighted by Crippen LogP contribution is -2.63. The average Bonchev–Trinajstić information content (AvgIpc) is 3.07. The number of carbonyl (C=O) groups excluding carboxylic acids is 4. The maximum Gasteiger partial charge on any atom is 0.238 e. The van der Waals surface area contributed by atoms with Crippen LogP contribution >= 0.6 is 0 Å². The van der Waals surface area contributed by atoms with Gasteiger partial charge in [-0.25, -0.2) is 0 Å². The summed E-state index contributed by atoms with van der Waals surface area (Å²) in [6.45, 7) is 1.68. The van der Waals surface area contributed by atoms with Gasteiger partial charge in [0.15, 0.2) is 0 Å². The van der Waals surface area contributed by atoms with E-state index in [-0.39, 0.29) is 30.2 Å². The van der Waals surface area contributed by atoms with Crippen molar-refractivity contribution in [2.24, 2.45) is 11.8 Å². The molecule has 2 amide bonds. The summed E-state index contributed by atoms with van der Waals surface area (Å²) >= 11 is 0. The predicted molar refractivity (Wildman–Crippen MR) is 120 cm³/mol. The van der Waals surface area contributed by atoms with Crippen LogP contribution in [0.4, 0.5) is 0 Å². The minimum atomic E-state index is -1.02. The van der Waals surface area contributed by atoms with Gasteiger partial charge in [-0.3, -0.25) is 24.1 Å². The van der Waals surface area contributed by atoms with Crippen molar-refractivity contribution < 1.29 is 24.3 Å². The van der Waals surface area contributed by atoms with Gasteiger partial charge in [-0.05, 0) is 12.5 Å². The largest absolute Gasteiger partial charge is 0.390 e. The number of fused-ring (bicyclic) bond motifs is 1. The fourth-order valence-corrected chi connectivity index (χ4v) is 5.39. The van der Waals surface area contributed by atoms with Crippen LogP contribution in [0.25, 0.3) is 0 Å². The number of carbonyl (C=O) groups is 4. The van der Waals surface area contributed by atoms with E-state index in [1.165, 1.54) is 4.90 Å². The van der Waals surface area contributed by atoms with E-state index in [1.54, 1.807) is 85.8 Å². The molecular formula is C27H23NO5. The van der Waals surface area contributed by atoms with Gasteiger partial charge in [0.25, 0.3) is 0 Å². The molecule has 5 rings (SSSR count). The van der Waals surface area contributed by atoms with Crippen LogP contribution in [0.5, 0.6) is 0 Å². The van der Waals surface area contributed by atoms with Crippen molar-refractivity contribution in [3.63, 3.8) is 0 Å². The van der Waals surface area contributed by atoms with Gasteiger partial charge in [0, 0.05) is 24.0 Å². The van der Waals surface area contributed by atoms with Crippen LogP contribution in [0.15, 0.2) is 78.9 Å². The van der Waals surface area contributed by atoms with Crippen molar-refractivity contribution in [3.05, 3.63) is 95.6 Å². The molecule has 1 N–H and O–H groups in total. The Labute approximate surface area is 191 Å². The number of ketones is 2. The second-order valence-electron chi connectivity index (χ2n) is 9.32. The fraction of sp³-hybridized carbons (Fsp3) is 0.259. The molecule has 166 valence electrons. The lowest BCUT2D eigenvalue weighted by Gasteiger charge is -2.55. The number of amides is 2. The summed E-state index contributed by atoms with van der Waals surface area (Å²) in [5, 5.41) is 10.6. The molecule has 3 aliphatic rings. The van der Waals surface area contributed by atoms with E-state index in [4.69, 9.17) is 0 Å². The highest BCUT2D eigenvalue weighted by atomic mass is 16.3. The van der Waals surface area contributed by atoms with Gasteiger partial charge in [0.2, 0.25) is 23.4 Å². The summed E-state index contributed by atoms with van der Waals surface area (Å²) in [4.78, 5) is 53.0. The number of hydrogen-bond acceptors (Lipinski definition) is 5. The molecule has 2 unspecified atom stereocenters. The molecule has 6 nitrogen and oxygen atoms in total. The first-order valence-electron chi connectivity index (χ1n) is 10.9. The standard InChI is InChI=1S/C27H23NO5/c1-26(33)15-27(16-26,28-24(31)20-9-5-6-10-21(20)25(28)32)19-13-11-18(12-14-19)23(30)22(29)17-7-3-2-4-8-17/h2-14,20-21,33H,15-16H2,1H3. The summed E-state index contributed by atoms with van der Waals surface area (Å²) in [7, 11) is 0. The summed E-state index contributed by atoms with van der Waals surface area (Å²) in [5.74, 6) is -2.85. The minimum Gasteiger partial charge on any atom is -0.390 e. The number of benzene rings is 2. The first-order chi connectivity index (χ1) is 15.7. The summed E-state index contributed by atoms with van der Waals surface area (Å²) in [6.07, 6.45) is 7.44. The number of likely N-dealkylation sites (tertiary alicyclic amines) is 1. The Bertz CT molecular complexity index is 1180. The van der Waals surface area contributed by atoms with Crippen molar-refractivity contribution in [2.75, 3.05) is 0 Å². The first kappa shape index (κ1) is 21.2. The Hall–Kier alpha value is -3.64. The van der Waals surface area contributed by atoms with E-state index in [0.29, 0.717) is 11.1 Å². The number of imide groups is 1. The van der Waals surface area contributed by atoms with Crippen LogP contribution in [0.1, 0.15) is 46.0 Å². The van der Waals surface area contributed by atoms with Gasteiger partial charge in [0.05, 0.1) is 23.0 Å². The van der Waals surface area contributed by atoms with Crippen molar-refractivity contribution in [1.82, 2.24) is 4.90 Å². The van der Waals surface area contributed by atoms with Crippen LogP contribution in [-0.2, 0) is 15.1 Å². The summed E-state index contributed by atoms with van der Waals surface area (Å²) < 4.78 is 0. The van der Waals surface area contributed by atoms with Crippen LogP contribution < -0.4 is 0 Å². The van der Waals surface area contributed by atoms with E-state index in [2.05, 4.69) is 0 Å². The van der Waals surface area contributed by atoms with Gasteiger partial charge < -0.3 is 5.11 Å². The van der Waals surface area contributed by atoms with E-state index < -0.39 is 34.5 Å². The summed E-state index contributed by atoms with van der Waals surface area (Å²) in [5.41, 5.74) is -0.798. The van der Waals surface area contributed by atoms with Gasteiger partial charge in [-0.1, -0.05) is 78.9 Å². The van der Waals surface area contributed by atoms with Crippen molar-refractivity contribution in [3.8, 4) is 0 Å². The molecule has 2 atom stereocenters. The second kappa shape index (κ2) is 7.46. The Balaban J connectivity index is 1.47. The smallest absolute Gasteiger partial charge is 0.238 e. The second-order valence-corrected chi connectivity index (χ2v) is 9.32. The van der Waals surface area contributed by atoms with Crippen LogP contribution in [0.3, 0.4) is 0 Å². The monoisotopic (exact) mass is 441 g/mol. The Morgan fingerprint density at radius 2 is 1.30 bits per heavy atom. The number of hydrogen-bond donors (Lipinski definition) is 1. The van der Waals surface area contributed by atoms with Crippen molar-refractivity contribution in [1.29, 1.82) is 0 Å². The number of allylic oxidation sites excluding steroid dienone is 2. The van der Waals surface area contributed by atoms with Gasteiger partial charge in [-0.15, -0.1) is 0 Å². The van der Waals surface area contributed by atoms with E-state index >= 15 is 0 Å². The molecule has 6 heteroatoms. The molecule has 1 saturated carbocycles. The maximum absolute atomic E-state index is 13.2. The Kier molecular flexibility index (Phi) is 4.79. The zero-order chi connectivity index (χ0) is 23.4. The van der Waals surface area contributed by atoms with E-state index in [0.717, 1.165) is 0 Å². The zero-order valence-corrected chi connectivity index (χ0v) is 18.1. The maximum atomic E-state index is 13.2. The zero-order valence-electron chi connectivity index (χ0n) is 18.1.